The number of anilines is 1. The van der Waals surface area contributed by atoms with Gasteiger partial charge in [0.1, 0.15) is 18.2 Å². The largest absolute Gasteiger partial charge is 0.486 e. The molecule has 0 unspecified atom stereocenters. The van der Waals surface area contributed by atoms with E-state index in [4.69, 9.17) is 16.3 Å². The van der Waals surface area contributed by atoms with Gasteiger partial charge in [-0.1, -0.05) is 70.0 Å². The molecule has 0 saturated heterocycles. The van der Waals surface area contributed by atoms with E-state index in [2.05, 4.69) is 61.4 Å². The van der Waals surface area contributed by atoms with Gasteiger partial charge in [0.25, 0.3) is 5.91 Å². The monoisotopic (exact) mass is 594 g/mol. The Balaban J connectivity index is 1.50. The van der Waals surface area contributed by atoms with Crippen LogP contribution in [0.25, 0.3) is 16.8 Å². The molecule has 168 valence electrons. The van der Waals surface area contributed by atoms with Crippen molar-refractivity contribution in [1.29, 1.82) is 5.26 Å². The van der Waals surface area contributed by atoms with Crippen LogP contribution in [0.4, 0.5) is 5.69 Å². The van der Waals surface area contributed by atoms with E-state index in [1.165, 1.54) is 11.5 Å². The van der Waals surface area contributed by atoms with E-state index < -0.39 is 5.91 Å². The standard InChI is InChI=1S/C27H17Br2ClN2O2/c28-22-6-3-7-23(14-22)32-27(33)21(15-31)11-18-12-24(29)26(25(30)13-18)34-16-17-8-9-19-4-1-2-5-20(19)10-17/h1-14H,16H2,(H,32,33)/b21-11-. The number of carbonyl (C=O) groups is 1. The molecule has 4 aromatic carbocycles. The van der Waals surface area contributed by atoms with Crippen LogP contribution in [0.3, 0.4) is 0 Å². The molecule has 34 heavy (non-hydrogen) atoms. The lowest BCUT2D eigenvalue weighted by atomic mass is 10.1. The van der Waals surface area contributed by atoms with Gasteiger partial charge < -0.3 is 10.1 Å². The summed E-state index contributed by atoms with van der Waals surface area (Å²) >= 11 is 13.3. The number of hydrogen-bond donors (Lipinski definition) is 1. The van der Waals surface area contributed by atoms with Crippen molar-refractivity contribution in [3.05, 3.63) is 110 Å². The number of hydrogen-bond acceptors (Lipinski definition) is 3. The second-order valence-corrected chi connectivity index (χ2v) is 9.60. The van der Waals surface area contributed by atoms with E-state index in [0.29, 0.717) is 33.1 Å². The van der Waals surface area contributed by atoms with Crippen LogP contribution in [0.5, 0.6) is 5.75 Å². The van der Waals surface area contributed by atoms with Crippen LogP contribution >= 0.6 is 43.5 Å². The number of nitriles is 1. The molecule has 7 heteroatoms. The molecule has 0 bridgehead atoms. The molecular weight excluding hydrogens is 580 g/mol. The SMILES string of the molecule is N#C/C(=C/c1cc(Cl)c(OCc2ccc3ccccc3c2)c(Br)c1)C(=O)Nc1cccc(Br)c1. The van der Waals surface area contributed by atoms with Crippen LogP contribution < -0.4 is 10.1 Å². The van der Waals surface area contributed by atoms with Crippen LogP contribution in [0.15, 0.2) is 93.4 Å². The third-order valence-corrected chi connectivity index (χ3v) is 6.34. The Kier molecular flexibility index (Phi) is 7.69. The number of amides is 1. The maximum absolute atomic E-state index is 12.6. The van der Waals surface area contributed by atoms with E-state index in [1.54, 1.807) is 30.3 Å². The van der Waals surface area contributed by atoms with Crippen molar-refractivity contribution in [1.82, 2.24) is 0 Å². The zero-order chi connectivity index (χ0) is 24.1. The first-order valence-electron chi connectivity index (χ1n) is 10.2. The molecule has 1 amide bonds. The summed E-state index contributed by atoms with van der Waals surface area (Å²) < 4.78 is 7.42. The van der Waals surface area contributed by atoms with Crippen LogP contribution in [-0.2, 0) is 11.4 Å². The van der Waals surface area contributed by atoms with E-state index in [1.807, 2.05) is 30.3 Å². The van der Waals surface area contributed by atoms with Crippen molar-refractivity contribution >= 4 is 71.9 Å². The van der Waals surface area contributed by atoms with Gasteiger partial charge in [0.15, 0.2) is 5.75 Å². The molecule has 0 aliphatic heterocycles. The third kappa shape index (κ3) is 5.87. The summed E-state index contributed by atoms with van der Waals surface area (Å²) in [4.78, 5) is 12.6. The molecule has 0 atom stereocenters. The molecule has 1 N–H and O–H groups in total. The Morgan fingerprint density at radius 1 is 1.00 bits per heavy atom. The van der Waals surface area contributed by atoms with Gasteiger partial charge >= 0.3 is 0 Å². The van der Waals surface area contributed by atoms with Crippen LogP contribution in [-0.4, -0.2) is 5.91 Å². The summed E-state index contributed by atoms with van der Waals surface area (Å²) in [5.41, 5.74) is 2.14. The number of carbonyl (C=O) groups excluding carboxylic acids is 1. The maximum atomic E-state index is 12.6. The zero-order valence-corrected chi connectivity index (χ0v) is 21.6. The average molecular weight is 597 g/mol. The molecular formula is C27H17Br2ClN2O2. The van der Waals surface area contributed by atoms with Crippen molar-refractivity contribution < 1.29 is 9.53 Å². The van der Waals surface area contributed by atoms with Gasteiger partial charge in [-0.05, 0) is 80.3 Å². The number of nitrogens with one attached hydrogen (secondary N) is 1. The van der Waals surface area contributed by atoms with Crippen LogP contribution in [0, 0.1) is 11.3 Å². The molecule has 0 aliphatic carbocycles. The Hall–Kier alpha value is -3.11. The van der Waals surface area contributed by atoms with Crippen molar-refractivity contribution in [2.24, 2.45) is 0 Å². The lowest BCUT2D eigenvalue weighted by Crippen LogP contribution is -2.13. The minimum absolute atomic E-state index is 0.0484. The van der Waals surface area contributed by atoms with E-state index in [0.717, 1.165) is 15.4 Å². The molecule has 0 fully saturated rings. The molecule has 4 nitrogen and oxygen atoms in total. The summed E-state index contributed by atoms with van der Waals surface area (Å²) in [5, 5.41) is 14.9. The van der Waals surface area contributed by atoms with Gasteiger partial charge in [0.05, 0.1) is 9.50 Å². The summed E-state index contributed by atoms with van der Waals surface area (Å²) in [7, 11) is 0. The fourth-order valence-corrected chi connectivity index (χ4v) is 4.75. The molecule has 0 radical (unpaired) electrons. The van der Waals surface area contributed by atoms with E-state index in [9.17, 15) is 10.1 Å². The molecule has 0 saturated carbocycles. The van der Waals surface area contributed by atoms with Crippen LogP contribution in [0.1, 0.15) is 11.1 Å². The fraction of sp³-hybridized carbons (Fsp3) is 0.0370. The molecule has 0 aliphatic rings. The van der Waals surface area contributed by atoms with Crippen molar-refractivity contribution in [2.75, 3.05) is 5.32 Å². The Morgan fingerprint density at radius 3 is 2.53 bits per heavy atom. The van der Waals surface area contributed by atoms with Gasteiger partial charge in [-0.3, -0.25) is 4.79 Å². The van der Waals surface area contributed by atoms with E-state index in [-0.39, 0.29) is 5.57 Å². The highest BCUT2D eigenvalue weighted by atomic mass is 79.9. The number of halogens is 3. The minimum Gasteiger partial charge on any atom is -0.486 e. The fourth-order valence-electron chi connectivity index (χ4n) is 3.36. The van der Waals surface area contributed by atoms with Gasteiger partial charge in [-0.15, -0.1) is 0 Å². The predicted molar refractivity (Wildman–Crippen MR) is 144 cm³/mol. The summed E-state index contributed by atoms with van der Waals surface area (Å²) in [6.07, 6.45) is 1.48. The molecule has 0 spiro atoms. The number of fused-ring (bicyclic) bond motifs is 1. The Labute approximate surface area is 219 Å². The molecule has 0 aromatic heterocycles. The number of nitrogens with zero attached hydrogens (tertiary/aromatic N) is 1. The quantitative estimate of drug-likeness (QED) is 0.181. The Bertz CT molecular complexity index is 1440. The summed E-state index contributed by atoms with van der Waals surface area (Å²) in [6.45, 7) is 0.344. The molecule has 4 aromatic rings. The first-order valence-corrected chi connectivity index (χ1v) is 12.2. The van der Waals surface area contributed by atoms with Crippen molar-refractivity contribution in [3.8, 4) is 11.8 Å². The zero-order valence-electron chi connectivity index (χ0n) is 17.7. The van der Waals surface area contributed by atoms with Gasteiger partial charge in [0.2, 0.25) is 0 Å². The van der Waals surface area contributed by atoms with Gasteiger partial charge in [-0.2, -0.15) is 5.26 Å². The number of ether oxygens (including phenoxy) is 1. The number of benzene rings is 4. The lowest BCUT2D eigenvalue weighted by molar-refractivity contribution is -0.112. The van der Waals surface area contributed by atoms with Crippen molar-refractivity contribution in [3.63, 3.8) is 0 Å². The normalized spacial score (nSPS) is 11.2. The second-order valence-electron chi connectivity index (χ2n) is 7.42. The average Bonchev–Trinajstić information content (AvgIpc) is 2.82. The highest BCUT2D eigenvalue weighted by Crippen LogP contribution is 2.36. The second kappa shape index (κ2) is 10.9. The highest BCUT2D eigenvalue weighted by molar-refractivity contribution is 9.10. The molecule has 4 rings (SSSR count). The predicted octanol–water partition coefficient (Wildman–Crippen LogP) is 8.14. The number of rotatable bonds is 6. The Morgan fingerprint density at radius 2 is 1.79 bits per heavy atom. The summed E-state index contributed by atoms with van der Waals surface area (Å²) in [6, 6.07) is 26.8. The lowest BCUT2D eigenvalue weighted by Gasteiger charge is -2.12. The smallest absolute Gasteiger partial charge is 0.266 e. The minimum atomic E-state index is -0.510. The van der Waals surface area contributed by atoms with Gasteiger partial charge in [-0.25, -0.2) is 0 Å². The molecule has 0 heterocycles. The topological polar surface area (TPSA) is 62.1 Å². The first kappa shape index (κ1) is 24.0. The van der Waals surface area contributed by atoms with E-state index >= 15 is 0 Å². The third-order valence-electron chi connectivity index (χ3n) is 4.98. The summed E-state index contributed by atoms with van der Waals surface area (Å²) in [5.74, 6) is -0.0199. The first-order chi connectivity index (χ1) is 16.4. The maximum Gasteiger partial charge on any atom is 0.266 e. The van der Waals surface area contributed by atoms with Crippen LogP contribution in [0.2, 0.25) is 5.02 Å². The highest BCUT2D eigenvalue weighted by Gasteiger charge is 2.13. The van der Waals surface area contributed by atoms with Gasteiger partial charge in [0, 0.05) is 10.2 Å². The van der Waals surface area contributed by atoms with Crippen molar-refractivity contribution in [2.45, 2.75) is 6.61 Å².